The van der Waals surface area contributed by atoms with Gasteiger partial charge in [-0.3, -0.25) is 0 Å². The maximum Gasteiger partial charge on any atom is 0.339 e. The molecular weight excluding hydrogens is 328 g/mol. The topological polar surface area (TPSA) is 52.6 Å². The molecule has 2 aromatic rings. The Morgan fingerprint density at radius 1 is 0.846 bits per heavy atom. The summed E-state index contributed by atoms with van der Waals surface area (Å²) < 4.78 is 10.5. The van der Waals surface area contributed by atoms with Crippen molar-refractivity contribution in [1.29, 1.82) is 0 Å². The Labute approximate surface area is 154 Å². The van der Waals surface area contributed by atoms with Gasteiger partial charge in [0.05, 0.1) is 11.1 Å². The number of cyclic esters (lactones) is 2. The van der Waals surface area contributed by atoms with Crippen molar-refractivity contribution in [3.05, 3.63) is 70.8 Å². The molecule has 2 heterocycles. The fourth-order valence-corrected chi connectivity index (χ4v) is 3.36. The van der Waals surface area contributed by atoms with E-state index in [-0.39, 0.29) is 24.1 Å². The van der Waals surface area contributed by atoms with E-state index >= 15 is 0 Å². The van der Waals surface area contributed by atoms with Gasteiger partial charge in [0.1, 0.15) is 12.2 Å². The van der Waals surface area contributed by atoms with Crippen LogP contribution in [-0.4, -0.2) is 11.9 Å². The van der Waals surface area contributed by atoms with Crippen LogP contribution < -0.4 is 0 Å². The summed E-state index contributed by atoms with van der Waals surface area (Å²) in [5, 5.41) is 0. The van der Waals surface area contributed by atoms with Gasteiger partial charge in [-0.25, -0.2) is 9.59 Å². The first-order valence-corrected chi connectivity index (χ1v) is 9.12. The number of rotatable bonds is 3. The molecule has 2 atom stereocenters. The van der Waals surface area contributed by atoms with Crippen molar-refractivity contribution in [3.63, 3.8) is 0 Å². The van der Waals surface area contributed by atoms with Crippen LogP contribution in [0.3, 0.4) is 0 Å². The summed E-state index contributed by atoms with van der Waals surface area (Å²) in [4.78, 5) is 22.7. The van der Waals surface area contributed by atoms with E-state index in [0.717, 1.165) is 35.1 Å². The highest BCUT2D eigenvalue weighted by atomic mass is 16.6. The molecule has 0 saturated heterocycles. The molecule has 4 rings (SSSR count). The van der Waals surface area contributed by atoms with Crippen molar-refractivity contribution in [3.8, 4) is 0 Å². The molecular formula is C22H24O4. The first-order chi connectivity index (χ1) is 12.5. The second kappa shape index (κ2) is 7.73. The van der Waals surface area contributed by atoms with E-state index in [4.69, 9.17) is 9.47 Å². The number of hydrogen-bond donors (Lipinski definition) is 0. The number of ether oxygens (including phenoxy) is 2. The fourth-order valence-electron chi connectivity index (χ4n) is 3.36. The lowest BCUT2D eigenvalue weighted by molar-refractivity contribution is 0.0279. The first kappa shape index (κ1) is 18.2. The Kier molecular flexibility index (Phi) is 5.40. The number of fused-ring (bicyclic) bond motifs is 2. The lowest BCUT2D eigenvalue weighted by Gasteiger charge is -2.13. The largest absolute Gasteiger partial charge is 0.454 e. The van der Waals surface area contributed by atoms with Crippen LogP contribution in [0.5, 0.6) is 0 Å². The van der Waals surface area contributed by atoms with Gasteiger partial charge in [0.25, 0.3) is 0 Å². The third-order valence-corrected chi connectivity index (χ3v) is 4.65. The van der Waals surface area contributed by atoms with Gasteiger partial charge in [-0.05, 0) is 24.5 Å². The lowest BCUT2D eigenvalue weighted by atomic mass is 9.97. The molecule has 0 N–H and O–H groups in total. The predicted octanol–water partition coefficient (Wildman–Crippen LogP) is 5.25. The SMILES string of the molecule is CC(C)C1OC(=O)c2ccccc21.CCCC1OC(=O)c2ccccc21. The van der Waals surface area contributed by atoms with E-state index in [1.165, 1.54) is 0 Å². The number of carbonyl (C=O) groups excluding carboxylic acids is 2. The van der Waals surface area contributed by atoms with E-state index in [1.807, 2.05) is 48.5 Å². The summed E-state index contributed by atoms with van der Waals surface area (Å²) in [7, 11) is 0. The normalized spacial score (nSPS) is 20.0. The summed E-state index contributed by atoms with van der Waals surface area (Å²) in [5.41, 5.74) is 3.54. The first-order valence-electron chi connectivity index (χ1n) is 9.12. The third kappa shape index (κ3) is 3.50. The van der Waals surface area contributed by atoms with Gasteiger partial charge in [0.15, 0.2) is 0 Å². The van der Waals surface area contributed by atoms with Gasteiger partial charge in [0, 0.05) is 11.1 Å². The molecule has 0 spiro atoms. The summed E-state index contributed by atoms with van der Waals surface area (Å²) in [6.07, 6.45) is 1.90. The van der Waals surface area contributed by atoms with E-state index in [9.17, 15) is 9.59 Å². The highest BCUT2D eigenvalue weighted by Gasteiger charge is 2.32. The number of carbonyl (C=O) groups is 2. The molecule has 136 valence electrons. The zero-order chi connectivity index (χ0) is 18.7. The van der Waals surface area contributed by atoms with Gasteiger partial charge >= 0.3 is 11.9 Å². The molecule has 2 aliphatic rings. The number of esters is 2. The molecule has 2 unspecified atom stereocenters. The number of benzene rings is 2. The van der Waals surface area contributed by atoms with Crippen LogP contribution in [0.25, 0.3) is 0 Å². The lowest BCUT2D eigenvalue weighted by Crippen LogP contribution is -2.05. The van der Waals surface area contributed by atoms with Crippen molar-refractivity contribution in [2.75, 3.05) is 0 Å². The average Bonchev–Trinajstić information content (AvgIpc) is 3.15. The molecule has 26 heavy (non-hydrogen) atoms. The van der Waals surface area contributed by atoms with E-state index in [0.29, 0.717) is 5.92 Å². The van der Waals surface area contributed by atoms with Crippen LogP contribution in [0.2, 0.25) is 0 Å². The zero-order valence-corrected chi connectivity index (χ0v) is 15.4. The third-order valence-electron chi connectivity index (χ3n) is 4.65. The van der Waals surface area contributed by atoms with Crippen LogP contribution in [0.1, 0.15) is 77.7 Å². The van der Waals surface area contributed by atoms with Crippen molar-refractivity contribution in [2.45, 2.75) is 45.8 Å². The fraction of sp³-hybridized carbons (Fsp3) is 0.364. The van der Waals surface area contributed by atoms with Crippen LogP contribution >= 0.6 is 0 Å². The second-order valence-electron chi connectivity index (χ2n) is 6.93. The van der Waals surface area contributed by atoms with Crippen LogP contribution in [0.15, 0.2) is 48.5 Å². The molecule has 0 aromatic heterocycles. The monoisotopic (exact) mass is 352 g/mol. The standard InChI is InChI=1S/2C11H12O2/c1-7(2)10-8-5-3-4-6-9(8)11(12)13-10;1-2-5-10-8-6-3-4-7-9(8)11(12)13-10/h3-7,10H,1-2H3;3-4,6-7,10H,2,5H2,1H3. The van der Waals surface area contributed by atoms with Gasteiger partial charge in [-0.2, -0.15) is 0 Å². The summed E-state index contributed by atoms with van der Waals surface area (Å²) in [6.45, 7) is 6.20. The quantitative estimate of drug-likeness (QED) is 0.708. The Balaban J connectivity index is 0.000000151. The van der Waals surface area contributed by atoms with E-state index in [2.05, 4.69) is 20.8 Å². The summed E-state index contributed by atoms with van der Waals surface area (Å²) in [5.74, 6) is -0.0176. The smallest absolute Gasteiger partial charge is 0.339 e. The zero-order valence-electron chi connectivity index (χ0n) is 15.4. The molecule has 0 aliphatic carbocycles. The molecule has 0 bridgehead atoms. The van der Waals surface area contributed by atoms with E-state index < -0.39 is 0 Å². The molecule has 2 aromatic carbocycles. The van der Waals surface area contributed by atoms with Crippen molar-refractivity contribution >= 4 is 11.9 Å². The molecule has 0 radical (unpaired) electrons. The Bertz CT molecular complexity index is 809. The van der Waals surface area contributed by atoms with Gasteiger partial charge in [-0.15, -0.1) is 0 Å². The molecule has 4 nitrogen and oxygen atoms in total. The predicted molar refractivity (Wildman–Crippen MR) is 98.9 cm³/mol. The molecule has 2 aliphatic heterocycles. The Morgan fingerprint density at radius 2 is 1.38 bits per heavy atom. The number of hydrogen-bond acceptors (Lipinski definition) is 4. The van der Waals surface area contributed by atoms with Gasteiger partial charge in [0.2, 0.25) is 0 Å². The molecule has 0 saturated carbocycles. The Morgan fingerprint density at radius 3 is 2.00 bits per heavy atom. The van der Waals surface area contributed by atoms with Crippen molar-refractivity contribution in [2.24, 2.45) is 5.92 Å². The minimum atomic E-state index is -0.186. The van der Waals surface area contributed by atoms with Crippen LogP contribution in [-0.2, 0) is 9.47 Å². The summed E-state index contributed by atoms with van der Waals surface area (Å²) >= 11 is 0. The average molecular weight is 352 g/mol. The second-order valence-corrected chi connectivity index (χ2v) is 6.93. The van der Waals surface area contributed by atoms with Gasteiger partial charge in [-0.1, -0.05) is 63.6 Å². The molecule has 0 amide bonds. The maximum absolute atomic E-state index is 11.4. The minimum Gasteiger partial charge on any atom is -0.454 e. The van der Waals surface area contributed by atoms with Gasteiger partial charge < -0.3 is 9.47 Å². The Hall–Kier alpha value is -2.62. The van der Waals surface area contributed by atoms with Crippen molar-refractivity contribution in [1.82, 2.24) is 0 Å². The van der Waals surface area contributed by atoms with Crippen LogP contribution in [0.4, 0.5) is 0 Å². The van der Waals surface area contributed by atoms with Crippen LogP contribution in [0, 0.1) is 5.92 Å². The highest BCUT2D eigenvalue weighted by molar-refractivity contribution is 5.94. The highest BCUT2D eigenvalue weighted by Crippen LogP contribution is 2.35. The molecule has 4 heteroatoms. The minimum absolute atomic E-state index is 0.00583. The van der Waals surface area contributed by atoms with Crippen molar-refractivity contribution < 1.29 is 19.1 Å². The van der Waals surface area contributed by atoms with E-state index in [1.54, 1.807) is 0 Å². The molecule has 0 fully saturated rings. The maximum atomic E-state index is 11.4. The summed E-state index contributed by atoms with van der Waals surface area (Å²) in [6, 6.07) is 15.2.